The number of hydrogen-bond acceptors (Lipinski definition) is 4. The highest BCUT2D eigenvalue weighted by Crippen LogP contribution is 2.25. The van der Waals surface area contributed by atoms with Gasteiger partial charge in [-0.25, -0.2) is 8.42 Å². The summed E-state index contributed by atoms with van der Waals surface area (Å²) in [5, 5.41) is 2.95. The molecule has 1 N–H and O–H groups in total. The Morgan fingerprint density at radius 1 is 1.21 bits per heavy atom. The lowest BCUT2D eigenvalue weighted by molar-refractivity contribution is -0.126. The molecule has 0 radical (unpaired) electrons. The van der Waals surface area contributed by atoms with Crippen molar-refractivity contribution in [1.82, 2.24) is 9.62 Å². The predicted octanol–water partition coefficient (Wildman–Crippen LogP) is 3.11. The van der Waals surface area contributed by atoms with E-state index in [2.05, 4.69) is 5.32 Å². The van der Waals surface area contributed by atoms with Crippen LogP contribution in [0.25, 0.3) is 0 Å². The summed E-state index contributed by atoms with van der Waals surface area (Å²) in [5.74, 6) is 0.197. The largest absolute Gasteiger partial charge is 0.494 e. The molecule has 6 nitrogen and oxygen atoms in total. The van der Waals surface area contributed by atoms with Gasteiger partial charge in [-0.1, -0.05) is 29.8 Å². The first-order valence-corrected chi connectivity index (χ1v) is 11.4. The quantitative estimate of drug-likeness (QED) is 0.753. The van der Waals surface area contributed by atoms with Gasteiger partial charge in [-0.2, -0.15) is 4.31 Å². The van der Waals surface area contributed by atoms with E-state index in [-0.39, 0.29) is 23.3 Å². The molecular weight excluding hydrogens is 388 g/mol. The average Bonchev–Trinajstić information content (AvgIpc) is 2.73. The fourth-order valence-electron chi connectivity index (χ4n) is 3.55. The number of piperidine rings is 1. The molecule has 2 aromatic rings. The molecule has 29 heavy (non-hydrogen) atoms. The van der Waals surface area contributed by atoms with E-state index in [1.807, 2.05) is 38.1 Å². The van der Waals surface area contributed by atoms with Gasteiger partial charge >= 0.3 is 0 Å². The van der Waals surface area contributed by atoms with Crippen molar-refractivity contribution in [3.05, 3.63) is 59.7 Å². The molecule has 0 saturated carbocycles. The SMILES string of the molecule is CCOc1ccc(S(=O)(=O)N2CCC[C@@H](C(=O)NCc3cccc(C)c3)C2)cc1. The molecule has 1 heterocycles. The van der Waals surface area contributed by atoms with E-state index in [0.29, 0.717) is 38.3 Å². The van der Waals surface area contributed by atoms with Crippen LogP contribution in [-0.2, 0) is 21.4 Å². The van der Waals surface area contributed by atoms with E-state index in [1.165, 1.54) is 4.31 Å². The predicted molar refractivity (Wildman–Crippen MR) is 112 cm³/mol. The Morgan fingerprint density at radius 3 is 2.66 bits per heavy atom. The van der Waals surface area contributed by atoms with Gasteiger partial charge in [0.05, 0.1) is 17.4 Å². The summed E-state index contributed by atoms with van der Waals surface area (Å²) in [6, 6.07) is 14.4. The highest BCUT2D eigenvalue weighted by atomic mass is 32.2. The van der Waals surface area contributed by atoms with Crippen molar-refractivity contribution >= 4 is 15.9 Å². The lowest BCUT2D eigenvalue weighted by atomic mass is 9.98. The number of benzene rings is 2. The number of aryl methyl sites for hydroxylation is 1. The molecule has 0 bridgehead atoms. The summed E-state index contributed by atoms with van der Waals surface area (Å²) in [5.41, 5.74) is 2.18. The van der Waals surface area contributed by atoms with Gasteiger partial charge in [0.15, 0.2) is 0 Å². The summed E-state index contributed by atoms with van der Waals surface area (Å²) >= 11 is 0. The summed E-state index contributed by atoms with van der Waals surface area (Å²) < 4.78 is 32.8. The van der Waals surface area contributed by atoms with Gasteiger partial charge in [-0.05, 0) is 56.5 Å². The van der Waals surface area contributed by atoms with Crippen LogP contribution in [0, 0.1) is 12.8 Å². The van der Waals surface area contributed by atoms with Gasteiger partial charge in [0.1, 0.15) is 5.75 Å². The van der Waals surface area contributed by atoms with Crippen LogP contribution >= 0.6 is 0 Å². The Balaban J connectivity index is 1.63. The van der Waals surface area contributed by atoms with E-state index in [1.54, 1.807) is 24.3 Å². The second-order valence-corrected chi connectivity index (χ2v) is 9.25. The van der Waals surface area contributed by atoms with Gasteiger partial charge in [-0.15, -0.1) is 0 Å². The van der Waals surface area contributed by atoms with Crippen LogP contribution in [0.2, 0.25) is 0 Å². The van der Waals surface area contributed by atoms with Crippen LogP contribution in [0.1, 0.15) is 30.9 Å². The zero-order chi connectivity index (χ0) is 20.9. The molecule has 1 amide bonds. The molecule has 0 spiro atoms. The number of carbonyl (C=O) groups excluding carboxylic acids is 1. The zero-order valence-electron chi connectivity index (χ0n) is 16.9. The first-order chi connectivity index (χ1) is 13.9. The lowest BCUT2D eigenvalue weighted by Gasteiger charge is -2.31. The monoisotopic (exact) mass is 416 g/mol. The van der Waals surface area contributed by atoms with Gasteiger partial charge < -0.3 is 10.1 Å². The fourth-order valence-corrected chi connectivity index (χ4v) is 5.08. The number of amides is 1. The van der Waals surface area contributed by atoms with E-state index in [4.69, 9.17) is 4.74 Å². The van der Waals surface area contributed by atoms with Gasteiger partial charge in [-0.3, -0.25) is 4.79 Å². The minimum absolute atomic E-state index is 0.0990. The van der Waals surface area contributed by atoms with Crippen molar-refractivity contribution in [3.63, 3.8) is 0 Å². The van der Waals surface area contributed by atoms with E-state index < -0.39 is 10.0 Å². The highest BCUT2D eigenvalue weighted by molar-refractivity contribution is 7.89. The number of ether oxygens (including phenoxy) is 1. The third kappa shape index (κ3) is 5.36. The second-order valence-electron chi connectivity index (χ2n) is 7.31. The third-order valence-corrected chi connectivity index (χ3v) is 6.96. The molecule has 1 saturated heterocycles. The summed E-state index contributed by atoms with van der Waals surface area (Å²) in [6.07, 6.45) is 1.35. The highest BCUT2D eigenvalue weighted by Gasteiger charge is 2.33. The van der Waals surface area contributed by atoms with Gasteiger partial charge in [0.25, 0.3) is 0 Å². The topological polar surface area (TPSA) is 75.7 Å². The molecule has 0 aromatic heterocycles. The number of carbonyl (C=O) groups is 1. The van der Waals surface area contributed by atoms with Gasteiger partial charge in [0, 0.05) is 19.6 Å². The molecule has 1 aliphatic rings. The van der Waals surface area contributed by atoms with E-state index in [9.17, 15) is 13.2 Å². The van der Waals surface area contributed by atoms with Crippen LogP contribution < -0.4 is 10.1 Å². The number of nitrogens with zero attached hydrogens (tertiary/aromatic N) is 1. The minimum atomic E-state index is -3.64. The molecule has 156 valence electrons. The Hall–Kier alpha value is -2.38. The van der Waals surface area contributed by atoms with Crippen molar-refractivity contribution < 1.29 is 17.9 Å². The summed E-state index contributed by atoms with van der Waals surface area (Å²) in [7, 11) is -3.64. The van der Waals surface area contributed by atoms with Crippen LogP contribution in [0.15, 0.2) is 53.4 Å². The normalized spacial score (nSPS) is 17.7. The molecular formula is C22H28N2O4S. The Bertz CT molecular complexity index is 942. The number of rotatable bonds is 7. The van der Waals surface area contributed by atoms with Crippen LogP contribution in [0.3, 0.4) is 0 Å². The molecule has 0 unspecified atom stereocenters. The molecule has 2 aromatic carbocycles. The summed E-state index contributed by atoms with van der Waals surface area (Å²) in [4.78, 5) is 12.9. The number of sulfonamides is 1. The molecule has 1 fully saturated rings. The first kappa shape index (κ1) is 21.3. The fraction of sp³-hybridized carbons (Fsp3) is 0.409. The third-order valence-electron chi connectivity index (χ3n) is 5.08. The average molecular weight is 417 g/mol. The maximum atomic E-state index is 13.0. The lowest BCUT2D eigenvalue weighted by Crippen LogP contribution is -2.45. The Kier molecular flexibility index (Phi) is 6.92. The molecule has 1 aliphatic heterocycles. The van der Waals surface area contributed by atoms with Crippen molar-refractivity contribution in [3.8, 4) is 5.75 Å². The number of nitrogens with one attached hydrogen (secondary N) is 1. The molecule has 3 rings (SSSR count). The minimum Gasteiger partial charge on any atom is -0.494 e. The number of hydrogen-bond donors (Lipinski definition) is 1. The molecule has 1 atom stereocenters. The maximum Gasteiger partial charge on any atom is 0.243 e. The van der Waals surface area contributed by atoms with Gasteiger partial charge in [0.2, 0.25) is 15.9 Å². The van der Waals surface area contributed by atoms with Crippen molar-refractivity contribution in [1.29, 1.82) is 0 Å². The van der Waals surface area contributed by atoms with Crippen molar-refractivity contribution in [2.75, 3.05) is 19.7 Å². The molecule has 7 heteroatoms. The second kappa shape index (κ2) is 9.41. The standard InChI is InChI=1S/C22H28N2O4S/c1-3-28-20-9-11-21(12-10-20)29(26,27)24-13-5-8-19(16-24)22(25)23-15-18-7-4-6-17(2)14-18/h4,6-7,9-12,14,19H,3,5,8,13,15-16H2,1-2H3,(H,23,25)/t19-/m1/s1. The molecule has 0 aliphatic carbocycles. The first-order valence-electron chi connectivity index (χ1n) is 9.96. The maximum absolute atomic E-state index is 13.0. The van der Waals surface area contributed by atoms with Crippen LogP contribution in [0.5, 0.6) is 5.75 Å². The Labute approximate surface area is 172 Å². The van der Waals surface area contributed by atoms with Crippen LogP contribution in [0.4, 0.5) is 0 Å². The van der Waals surface area contributed by atoms with Crippen LogP contribution in [-0.4, -0.2) is 38.3 Å². The summed E-state index contributed by atoms with van der Waals surface area (Å²) in [6.45, 7) is 5.49. The van der Waals surface area contributed by atoms with Crippen molar-refractivity contribution in [2.24, 2.45) is 5.92 Å². The smallest absolute Gasteiger partial charge is 0.243 e. The zero-order valence-corrected chi connectivity index (χ0v) is 17.7. The van der Waals surface area contributed by atoms with E-state index in [0.717, 1.165) is 11.1 Å². The Morgan fingerprint density at radius 2 is 1.97 bits per heavy atom. The van der Waals surface area contributed by atoms with Crippen molar-refractivity contribution in [2.45, 2.75) is 38.1 Å². The van der Waals surface area contributed by atoms with E-state index >= 15 is 0 Å².